The summed E-state index contributed by atoms with van der Waals surface area (Å²) in [4.78, 5) is 32.4. The number of para-hydroxylation sites is 1. The fourth-order valence-electron chi connectivity index (χ4n) is 4.09. The molecule has 0 radical (unpaired) electrons. The van der Waals surface area contributed by atoms with E-state index in [4.69, 9.17) is 16.0 Å². The van der Waals surface area contributed by atoms with E-state index in [-0.39, 0.29) is 11.5 Å². The maximum absolute atomic E-state index is 13.6. The molecule has 8 heteroatoms. The van der Waals surface area contributed by atoms with Gasteiger partial charge in [-0.15, -0.1) is 0 Å². The Morgan fingerprint density at radius 2 is 1.83 bits per heavy atom. The number of benzene rings is 2. The van der Waals surface area contributed by atoms with Gasteiger partial charge >= 0.3 is 0 Å². The summed E-state index contributed by atoms with van der Waals surface area (Å²) >= 11 is 7.28. The van der Waals surface area contributed by atoms with E-state index in [0.717, 1.165) is 11.1 Å². The number of furan rings is 1. The fourth-order valence-corrected chi connectivity index (χ4v) is 5.27. The van der Waals surface area contributed by atoms with E-state index in [0.29, 0.717) is 42.8 Å². The van der Waals surface area contributed by atoms with Crippen molar-refractivity contribution in [2.24, 2.45) is 4.99 Å². The van der Waals surface area contributed by atoms with Crippen LogP contribution in [-0.2, 0) is 4.79 Å². The third kappa shape index (κ3) is 4.40. The smallest absolute Gasteiger partial charge is 0.271 e. The number of amides is 1. The Bertz CT molecular complexity index is 1660. The lowest BCUT2D eigenvalue weighted by Gasteiger charge is -2.23. The summed E-state index contributed by atoms with van der Waals surface area (Å²) in [7, 11) is 0. The minimum atomic E-state index is -0.740. The van der Waals surface area contributed by atoms with E-state index in [9.17, 15) is 9.59 Å². The number of anilines is 1. The number of halogens is 1. The third-order valence-electron chi connectivity index (χ3n) is 5.86. The van der Waals surface area contributed by atoms with Crippen LogP contribution in [0.25, 0.3) is 6.08 Å². The molecular formula is C27H22ClN3O3S. The molecule has 35 heavy (non-hydrogen) atoms. The molecule has 1 unspecified atom stereocenters. The van der Waals surface area contributed by atoms with Crippen LogP contribution < -0.4 is 20.2 Å². The Labute approximate surface area is 210 Å². The van der Waals surface area contributed by atoms with Crippen LogP contribution in [0.15, 0.2) is 86.1 Å². The molecule has 1 atom stereocenters. The van der Waals surface area contributed by atoms with Gasteiger partial charge in [0.15, 0.2) is 4.80 Å². The highest BCUT2D eigenvalue weighted by molar-refractivity contribution is 7.07. The summed E-state index contributed by atoms with van der Waals surface area (Å²) in [6.07, 6.45) is 1.80. The topological polar surface area (TPSA) is 76.6 Å². The number of carbonyl (C=O) groups is 1. The molecule has 0 bridgehead atoms. The molecule has 1 N–H and O–H groups in total. The molecule has 0 saturated heterocycles. The summed E-state index contributed by atoms with van der Waals surface area (Å²) in [6, 6.07) is 17.7. The molecule has 6 nitrogen and oxygen atoms in total. The number of carbonyl (C=O) groups excluding carboxylic acids is 1. The van der Waals surface area contributed by atoms with Crippen molar-refractivity contribution in [3.05, 3.63) is 119 Å². The lowest BCUT2D eigenvalue weighted by molar-refractivity contribution is -0.113. The van der Waals surface area contributed by atoms with Crippen molar-refractivity contribution in [1.29, 1.82) is 0 Å². The summed E-state index contributed by atoms with van der Waals surface area (Å²) in [5, 5.41) is 3.61. The maximum atomic E-state index is 13.6. The van der Waals surface area contributed by atoms with E-state index >= 15 is 0 Å². The number of aryl methyl sites for hydroxylation is 2. The predicted molar refractivity (Wildman–Crippen MR) is 138 cm³/mol. The van der Waals surface area contributed by atoms with E-state index in [1.54, 1.807) is 35.8 Å². The first-order chi connectivity index (χ1) is 16.8. The molecule has 2 aromatic heterocycles. The predicted octanol–water partition coefficient (Wildman–Crippen LogP) is 4.74. The van der Waals surface area contributed by atoms with Crippen LogP contribution in [0.4, 0.5) is 5.69 Å². The van der Waals surface area contributed by atoms with Crippen molar-refractivity contribution in [3.8, 4) is 0 Å². The normalized spacial score (nSPS) is 15.7. The van der Waals surface area contributed by atoms with Crippen molar-refractivity contribution >= 4 is 40.6 Å². The Balaban J connectivity index is 1.66. The second-order valence-corrected chi connectivity index (χ2v) is 9.80. The lowest BCUT2D eigenvalue weighted by Crippen LogP contribution is -2.40. The molecule has 4 aromatic rings. The Morgan fingerprint density at radius 1 is 1.09 bits per heavy atom. The molecule has 1 aliphatic heterocycles. The van der Waals surface area contributed by atoms with E-state index in [1.807, 2.05) is 56.3 Å². The van der Waals surface area contributed by atoms with Gasteiger partial charge in [0, 0.05) is 10.7 Å². The van der Waals surface area contributed by atoms with Gasteiger partial charge in [-0.2, -0.15) is 0 Å². The van der Waals surface area contributed by atoms with Gasteiger partial charge in [-0.3, -0.25) is 14.2 Å². The van der Waals surface area contributed by atoms with Gasteiger partial charge < -0.3 is 9.73 Å². The van der Waals surface area contributed by atoms with Gasteiger partial charge in [0.25, 0.3) is 11.5 Å². The number of rotatable bonds is 4. The molecule has 1 amide bonds. The second kappa shape index (κ2) is 9.17. The second-order valence-electron chi connectivity index (χ2n) is 8.35. The molecule has 0 saturated carbocycles. The van der Waals surface area contributed by atoms with Crippen molar-refractivity contribution in [2.75, 3.05) is 5.32 Å². The molecule has 0 spiro atoms. The molecule has 0 fully saturated rings. The minimum Gasteiger partial charge on any atom is -0.464 e. The molecule has 1 aliphatic rings. The average molecular weight is 504 g/mol. The first-order valence-electron chi connectivity index (χ1n) is 11.0. The van der Waals surface area contributed by atoms with Gasteiger partial charge in [-0.1, -0.05) is 53.3 Å². The van der Waals surface area contributed by atoms with Gasteiger partial charge in [0.2, 0.25) is 0 Å². The number of fused-ring (bicyclic) bond motifs is 1. The maximum Gasteiger partial charge on any atom is 0.271 e. The quantitative estimate of drug-likeness (QED) is 0.437. The number of hydrogen-bond acceptors (Lipinski definition) is 5. The standard InChI is InChI=1S/C27H22ClN3O3S/c1-15-6-4-5-7-20(15)30-25(32)23-17(3)29-27-31(24(23)21-13-8-16(2)34-21)26(33)22(35-27)14-18-9-11-19(28)12-10-18/h4-14,24H,1-3H3,(H,30,32). The van der Waals surface area contributed by atoms with Crippen LogP contribution in [0, 0.1) is 13.8 Å². The van der Waals surface area contributed by atoms with Crippen molar-refractivity contribution in [2.45, 2.75) is 26.8 Å². The van der Waals surface area contributed by atoms with Crippen LogP contribution >= 0.6 is 22.9 Å². The number of hydrogen-bond donors (Lipinski definition) is 1. The number of thiazole rings is 1. The number of aromatic nitrogens is 1. The summed E-state index contributed by atoms with van der Waals surface area (Å²) in [5.41, 5.74) is 3.15. The first-order valence-corrected chi connectivity index (χ1v) is 12.2. The number of nitrogens with one attached hydrogen (secondary N) is 1. The van der Waals surface area contributed by atoms with Gasteiger partial charge in [0.05, 0.1) is 15.8 Å². The number of allylic oxidation sites excluding steroid dienone is 1. The van der Waals surface area contributed by atoms with Crippen LogP contribution in [0.2, 0.25) is 5.02 Å². The highest BCUT2D eigenvalue weighted by Gasteiger charge is 2.34. The zero-order chi connectivity index (χ0) is 24.7. The Hall–Kier alpha value is -3.68. The number of nitrogens with zero attached hydrogens (tertiary/aromatic N) is 2. The summed E-state index contributed by atoms with van der Waals surface area (Å²) in [6.45, 7) is 5.54. The largest absolute Gasteiger partial charge is 0.464 e. The fraction of sp³-hybridized carbons (Fsp3) is 0.148. The van der Waals surface area contributed by atoms with Gasteiger partial charge in [-0.05, 0) is 68.3 Å². The van der Waals surface area contributed by atoms with Crippen LogP contribution in [0.1, 0.15) is 35.6 Å². The summed E-state index contributed by atoms with van der Waals surface area (Å²) in [5.74, 6) is 0.870. The molecule has 176 valence electrons. The van der Waals surface area contributed by atoms with Gasteiger partial charge in [0.1, 0.15) is 17.6 Å². The highest BCUT2D eigenvalue weighted by atomic mass is 35.5. The molecule has 0 aliphatic carbocycles. The van der Waals surface area contributed by atoms with Crippen molar-refractivity contribution in [1.82, 2.24) is 4.57 Å². The SMILES string of the molecule is CC1=C(C(=O)Nc2ccccc2C)C(c2ccc(C)o2)n2c(sc(=Cc3ccc(Cl)cc3)c2=O)=N1. The van der Waals surface area contributed by atoms with Crippen LogP contribution in [0.5, 0.6) is 0 Å². The lowest BCUT2D eigenvalue weighted by atomic mass is 10.00. The zero-order valence-electron chi connectivity index (χ0n) is 19.3. The van der Waals surface area contributed by atoms with E-state index in [1.165, 1.54) is 11.3 Å². The molecular weight excluding hydrogens is 482 g/mol. The third-order valence-corrected chi connectivity index (χ3v) is 7.09. The van der Waals surface area contributed by atoms with Crippen LogP contribution in [0.3, 0.4) is 0 Å². The monoisotopic (exact) mass is 503 g/mol. The van der Waals surface area contributed by atoms with E-state index < -0.39 is 6.04 Å². The molecule has 3 heterocycles. The van der Waals surface area contributed by atoms with Crippen molar-refractivity contribution < 1.29 is 9.21 Å². The Morgan fingerprint density at radius 3 is 2.51 bits per heavy atom. The van der Waals surface area contributed by atoms with Crippen molar-refractivity contribution in [3.63, 3.8) is 0 Å². The highest BCUT2D eigenvalue weighted by Crippen LogP contribution is 2.32. The van der Waals surface area contributed by atoms with Gasteiger partial charge in [-0.25, -0.2) is 4.99 Å². The zero-order valence-corrected chi connectivity index (χ0v) is 20.9. The van der Waals surface area contributed by atoms with E-state index in [2.05, 4.69) is 10.3 Å². The minimum absolute atomic E-state index is 0.239. The molecule has 2 aromatic carbocycles. The molecule has 5 rings (SSSR count). The average Bonchev–Trinajstić information content (AvgIpc) is 3.39. The summed E-state index contributed by atoms with van der Waals surface area (Å²) < 4.78 is 8.00. The van der Waals surface area contributed by atoms with Crippen LogP contribution in [-0.4, -0.2) is 10.5 Å². The Kier molecular flexibility index (Phi) is 6.05. The first kappa shape index (κ1) is 23.1.